The van der Waals surface area contributed by atoms with Crippen LogP contribution in [-0.2, 0) is 18.6 Å². The minimum Gasteiger partial charge on any atom is -0.403 e. The van der Waals surface area contributed by atoms with Crippen LogP contribution in [0.2, 0.25) is 11.6 Å². The highest BCUT2D eigenvalue weighted by Gasteiger charge is 2.59. The molecule has 26 heavy (non-hydrogen) atoms. The molecule has 3 aliphatic rings. The van der Waals surface area contributed by atoms with Crippen LogP contribution in [0.3, 0.4) is 0 Å². The molecule has 6 heteroatoms. The molecule has 2 heterocycles. The quantitative estimate of drug-likeness (QED) is 0.677. The first-order valence-electron chi connectivity index (χ1n) is 9.59. The van der Waals surface area contributed by atoms with Gasteiger partial charge in [-0.25, -0.2) is 0 Å². The Kier molecular flexibility index (Phi) is 4.88. The molecule has 0 amide bonds. The van der Waals surface area contributed by atoms with E-state index in [-0.39, 0.29) is 48.3 Å². The lowest BCUT2D eigenvalue weighted by Gasteiger charge is -2.32. The van der Waals surface area contributed by atoms with E-state index in [9.17, 15) is 0 Å². The normalized spacial score (nSPS) is 34.2. The predicted octanol–water partition coefficient (Wildman–Crippen LogP) is 4.59. The lowest BCUT2D eigenvalue weighted by Crippen LogP contribution is -2.41. The highest BCUT2D eigenvalue weighted by molar-refractivity contribution is 6.56. The Balaban J connectivity index is 1.91. The van der Waals surface area contributed by atoms with Crippen molar-refractivity contribution in [2.45, 2.75) is 89.4 Å². The molecule has 2 unspecified atom stereocenters. The molecule has 3 rings (SSSR count). The molecule has 4 nitrogen and oxygen atoms in total. The van der Waals surface area contributed by atoms with E-state index in [0.29, 0.717) is 0 Å². The molecule has 0 spiro atoms. The summed E-state index contributed by atoms with van der Waals surface area (Å²) in [5, 5.41) is 0. The Morgan fingerprint density at radius 2 is 0.769 bits per heavy atom. The van der Waals surface area contributed by atoms with Gasteiger partial charge in [0.05, 0.1) is 22.4 Å². The summed E-state index contributed by atoms with van der Waals surface area (Å²) in [7, 11) is -0.701. The Labute approximate surface area is 159 Å². The van der Waals surface area contributed by atoms with Crippen LogP contribution < -0.4 is 0 Å². The second-order valence-corrected chi connectivity index (χ2v) is 9.56. The van der Waals surface area contributed by atoms with Gasteiger partial charge in [0.25, 0.3) is 0 Å². The van der Waals surface area contributed by atoms with Crippen LogP contribution in [0.15, 0.2) is 36.5 Å². The van der Waals surface area contributed by atoms with Crippen molar-refractivity contribution in [3.8, 4) is 0 Å². The monoisotopic (exact) mass is 358 g/mol. The van der Waals surface area contributed by atoms with Crippen LogP contribution in [0.1, 0.15) is 55.4 Å². The van der Waals surface area contributed by atoms with Crippen molar-refractivity contribution in [3.63, 3.8) is 0 Å². The zero-order chi connectivity index (χ0) is 19.4. The summed E-state index contributed by atoms with van der Waals surface area (Å²) in [5.74, 6) is -0.0149. The SMILES string of the molecule is CC1(C)OB(C2C=CC=CC=CC2B2OC(C)(C)C(C)(C)O2)OC1(C)C. The maximum Gasteiger partial charge on any atom is 0.465 e. The second-order valence-electron chi connectivity index (χ2n) is 9.56. The first-order valence-corrected chi connectivity index (χ1v) is 9.59. The van der Waals surface area contributed by atoms with Crippen LogP contribution in [-0.4, -0.2) is 36.6 Å². The summed E-state index contributed by atoms with van der Waals surface area (Å²) in [5.41, 5.74) is -1.47. The van der Waals surface area contributed by atoms with E-state index < -0.39 is 0 Å². The molecule has 0 aromatic carbocycles. The van der Waals surface area contributed by atoms with Gasteiger partial charge in [0.15, 0.2) is 0 Å². The van der Waals surface area contributed by atoms with Gasteiger partial charge in [-0.3, -0.25) is 0 Å². The fourth-order valence-electron chi connectivity index (χ4n) is 3.41. The van der Waals surface area contributed by atoms with Crippen LogP contribution in [0.4, 0.5) is 0 Å². The highest BCUT2D eigenvalue weighted by Crippen LogP contribution is 2.49. The summed E-state index contributed by atoms with van der Waals surface area (Å²) in [6.07, 6.45) is 12.5. The number of rotatable bonds is 2. The Hall–Kier alpha value is -0.810. The number of allylic oxidation sites excluding steroid dienone is 6. The van der Waals surface area contributed by atoms with Crippen molar-refractivity contribution >= 4 is 14.2 Å². The van der Waals surface area contributed by atoms with Gasteiger partial charge >= 0.3 is 14.2 Å². The molecule has 0 saturated carbocycles. The minimum absolute atomic E-state index is 0.00745. The molecule has 1 aliphatic carbocycles. The van der Waals surface area contributed by atoms with Gasteiger partial charge in [-0.1, -0.05) is 36.5 Å². The van der Waals surface area contributed by atoms with Gasteiger partial charge in [0.1, 0.15) is 0 Å². The Morgan fingerprint density at radius 3 is 1.04 bits per heavy atom. The molecule has 2 fully saturated rings. The first-order chi connectivity index (χ1) is 11.9. The van der Waals surface area contributed by atoms with E-state index in [4.69, 9.17) is 18.6 Å². The maximum atomic E-state index is 6.35. The smallest absolute Gasteiger partial charge is 0.403 e. The summed E-state index contributed by atoms with van der Waals surface area (Å²) < 4.78 is 25.4. The zero-order valence-corrected chi connectivity index (χ0v) is 17.4. The fourth-order valence-corrected chi connectivity index (χ4v) is 3.41. The van der Waals surface area contributed by atoms with Gasteiger partial charge in [-0.05, 0) is 55.4 Å². The average Bonchev–Trinajstić information content (AvgIpc) is 2.77. The van der Waals surface area contributed by atoms with E-state index in [1.165, 1.54) is 0 Å². The summed E-state index contributed by atoms with van der Waals surface area (Å²) in [6.45, 7) is 16.7. The van der Waals surface area contributed by atoms with E-state index >= 15 is 0 Å². The number of hydrogen-bond donors (Lipinski definition) is 0. The van der Waals surface area contributed by atoms with Crippen molar-refractivity contribution in [1.82, 2.24) is 0 Å². The Bertz CT molecular complexity index is 548. The maximum absolute atomic E-state index is 6.35. The molecular formula is C20H32B2O4. The molecule has 0 N–H and O–H groups in total. The molecule has 0 bridgehead atoms. The molecule has 2 atom stereocenters. The largest absolute Gasteiger partial charge is 0.465 e. The van der Waals surface area contributed by atoms with Crippen LogP contribution in [0.25, 0.3) is 0 Å². The zero-order valence-electron chi connectivity index (χ0n) is 17.4. The molecule has 2 saturated heterocycles. The van der Waals surface area contributed by atoms with E-state index in [0.717, 1.165) is 0 Å². The standard InChI is InChI=1S/C20H32B2O4/c1-17(2)18(3,4)24-21(23-17)15-13-11-9-10-12-14-16(15)22-25-19(5,6)20(7,8)26-22/h9-16H,1-8H3. The van der Waals surface area contributed by atoms with Crippen molar-refractivity contribution in [1.29, 1.82) is 0 Å². The van der Waals surface area contributed by atoms with Gasteiger partial charge in [-0.15, -0.1) is 0 Å². The van der Waals surface area contributed by atoms with Gasteiger partial charge in [0, 0.05) is 11.6 Å². The molecular weight excluding hydrogens is 326 g/mol. The summed E-state index contributed by atoms with van der Waals surface area (Å²) in [6, 6.07) is 0. The second kappa shape index (κ2) is 6.37. The van der Waals surface area contributed by atoms with Gasteiger partial charge in [-0.2, -0.15) is 0 Å². The molecule has 142 valence electrons. The van der Waals surface area contributed by atoms with Crippen molar-refractivity contribution < 1.29 is 18.6 Å². The minimum atomic E-state index is -0.367. The van der Waals surface area contributed by atoms with Crippen LogP contribution in [0, 0.1) is 0 Å². The third-order valence-corrected chi connectivity index (χ3v) is 6.62. The molecule has 2 aliphatic heterocycles. The Morgan fingerprint density at radius 1 is 0.500 bits per heavy atom. The van der Waals surface area contributed by atoms with Crippen molar-refractivity contribution in [3.05, 3.63) is 36.5 Å². The van der Waals surface area contributed by atoms with E-state index in [1.807, 2.05) is 12.2 Å². The average molecular weight is 358 g/mol. The summed E-state index contributed by atoms with van der Waals surface area (Å²) in [4.78, 5) is 0. The van der Waals surface area contributed by atoms with Gasteiger partial charge in [0.2, 0.25) is 0 Å². The van der Waals surface area contributed by atoms with E-state index in [2.05, 4.69) is 79.7 Å². The fraction of sp³-hybridized carbons (Fsp3) is 0.700. The molecule has 0 aromatic rings. The van der Waals surface area contributed by atoms with Gasteiger partial charge < -0.3 is 18.6 Å². The summed E-state index contributed by atoms with van der Waals surface area (Å²) >= 11 is 0. The van der Waals surface area contributed by atoms with E-state index in [1.54, 1.807) is 0 Å². The van der Waals surface area contributed by atoms with Crippen LogP contribution >= 0.6 is 0 Å². The highest BCUT2D eigenvalue weighted by atomic mass is 16.7. The molecule has 0 aromatic heterocycles. The molecule has 0 radical (unpaired) electrons. The predicted molar refractivity (Wildman–Crippen MR) is 107 cm³/mol. The third kappa shape index (κ3) is 3.37. The lowest BCUT2D eigenvalue weighted by molar-refractivity contribution is 0.00578. The number of hydrogen-bond acceptors (Lipinski definition) is 4. The van der Waals surface area contributed by atoms with Crippen LogP contribution in [0.5, 0.6) is 0 Å². The first kappa shape index (κ1) is 19.9. The van der Waals surface area contributed by atoms with Crippen molar-refractivity contribution in [2.75, 3.05) is 0 Å². The lowest BCUT2D eigenvalue weighted by atomic mass is 9.52. The third-order valence-electron chi connectivity index (χ3n) is 6.62. The topological polar surface area (TPSA) is 36.9 Å². The van der Waals surface area contributed by atoms with Crippen molar-refractivity contribution in [2.24, 2.45) is 0 Å².